The van der Waals surface area contributed by atoms with E-state index in [1.54, 1.807) is 0 Å². The molecule has 0 aromatic heterocycles. The summed E-state index contributed by atoms with van der Waals surface area (Å²) >= 11 is 12.3. The molecule has 0 bridgehead atoms. The Kier molecular flexibility index (Phi) is 5.96. The number of nitrogens with zero attached hydrogens (tertiary/aromatic N) is 1. The number of hydrogen-bond acceptors (Lipinski definition) is 2. The molecule has 4 heteroatoms. The Hall–Kier alpha value is -0.280. The lowest BCUT2D eigenvalue weighted by Gasteiger charge is -2.46. The van der Waals surface area contributed by atoms with Gasteiger partial charge in [-0.05, 0) is 37.5 Å². The highest BCUT2D eigenvalue weighted by Crippen LogP contribution is 2.27. The van der Waals surface area contributed by atoms with Crippen molar-refractivity contribution >= 4 is 23.2 Å². The van der Waals surface area contributed by atoms with Crippen LogP contribution < -0.4 is 5.32 Å². The minimum absolute atomic E-state index is 0.198. The summed E-state index contributed by atoms with van der Waals surface area (Å²) in [4.78, 5) is 2.58. The summed E-state index contributed by atoms with van der Waals surface area (Å²) in [6.45, 7) is 9.84. The van der Waals surface area contributed by atoms with Gasteiger partial charge in [0.25, 0.3) is 0 Å². The predicted molar refractivity (Wildman–Crippen MR) is 92.3 cm³/mol. The first-order valence-corrected chi connectivity index (χ1v) is 8.66. The second-order valence-corrected chi connectivity index (χ2v) is 7.22. The number of rotatable bonds is 5. The van der Waals surface area contributed by atoms with E-state index < -0.39 is 0 Å². The smallest absolute Gasteiger partial charge is 0.0465 e. The van der Waals surface area contributed by atoms with Gasteiger partial charge in [0.2, 0.25) is 0 Å². The van der Waals surface area contributed by atoms with Gasteiger partial charge in [0, 0.05) is 41.3 Å². The minimum Gasteiger partial charge on any atom is -0.309 e. The zero-order valence-corrected chi connectivity index (χ0v) is 14.8. The van der Waals surface area contributed by atoms with E-state index in [1.807, 2.05) is 12.1 Å². The van der Waals surface area contributed by atoms with E-state index >= 15 is 0 Å². The van der Waals surface area contributed by atoms with Gasteiger partial charge >= 0.3 is 0 Å². The molecular weight excluding hydrogens is 303 g/mol. The lowest BCUT2D eigenvalue weighted by Crippen LogP contribution is -2.62. The molecule has 0 aliphatic carbocycles. The van der Waals surface area contributed by atoms with Crippen LogP contribution in [-0.2, 0) is 6.54 Å². The molecule has 118 valence electrons. The summed E-state index contributed by atoms with van der Waals surface area (Å²) < 4.78 is 0. The van der Waals surface area contributed by atoms with Crippen LogP contribution in [0.1, 0.15) is 45.6 Å². The molecule has 2 unspecified atom stereocenters. The highest BCUT2D eigenvalue weighted by atomic mass is 35.5. The molecule has 2 atom stereocenters. The average molecular weight is 329 g/mol. The van der Waals surface area contributed by atoms with Crippen LogP contribution >= 0.6 is 23.2 Å². The summed E-state index contributed by atoms with van der Waals surface area (Å²) in [7, 11) is 0. The molecule has 21 heavy (non-hydrogen) atoms. The molecule has 1 aliphatic rings. The van der Waals surface area contributed by atoms with Crippen LogP contribution in [0.5, 0.6) is 0 Å². The maximum absolute atomic E-state index is 6.35. The first-order chi connectivity index (χ1) is 9.97. The topological polar surface area (TPSA) is 15.3 Å². The van der Waals surface area contributed by atoms with Crippen LogP contribution in [0.25, 0.3) is 0 Å². The highest BCUT2D eigenvalue weighted by molar-refractivity contribution is 6.35. The summed E-state index contributed by atoms with van der Waals surface area (Å²) in [6, 6.07) is 6.41. The summed E-state index contributed by atoms with van der Waals surface area (Å²) in [6.07, 6.45) is 3.56. The van der Waals surface area contributed by atoms with Crippen LogP contribution in [-0.4, -0.2) is 29.6 Å². The number of nitrogens with one attached hydrogen (secondary N) is 1. The summed E-state index contributed by atoms with van der Waals surface area (Å²) in [5.74, 6) is 0. The standard InChI is InChI=1S/C17H26Cl2N2/c1-4-6-15-10-20-17(3,5-2)12-21(15)11-13-7-8-14(18)9-16(13)19/h7-9,15,20H,4-6,10-12H2,1-3H3. The molecule has 2 rings (SSSR count). The molecule has 1 aliphatic heterocycles. The Labute approximate surface area is 138 Å². The predicted octanol–water partition coefficient (Wildman–Crippen LogP) is 4.74. The third-order valence-corrected chi connectivity index (χ3v) is 5.21. The molecule has 0 saturated carbocycles. The number of benzene rings is 1. The fraction of sp³-hybridized carbons (Fsp3) is 0.647. The zero-order valence-electron chi connectivity index (χ0n) is 13.3. The van der Waals surface area contributed by atoms with Gasteiger partial charge < -0.3 is 5.32 Å². The van der Waals surface area contributed by atoms with Gasteiger partial charge in [-0.2, -0.15) is 0 Å². The number of piperazine rings is 1. The quantitative estimate of drug-likeness (QED) is 0.840. The van der Waals surface area contributed by atoms with E-state index in [0.717, 1.165) is 31.1 Å². The van der Waals surface area contributed by atoms with Gasteiger partial charge in [0.05, 0.1) is 0 Å². The van der Waals surface area contributed by atoms with E-state index in [0.29, 0.717) is 11.1 Å². The SMILES string of the molecule is CCCC1CNC(C)(CC)CN1Cc1ccc(Cl)cc1Cl. The van der Waals surface area contributed by atoms with E-state index in [1.165, 1.54) is 18.4 Å². The minimum atomic E-state index is 0.198. The Balaban J connectivity index is 2.15. The highest BCUT2D eigenvalue weighted by Gasteiger charge is 2.34. The van der Waals surface area contributed by atoms with E-state index in [9.17, 15) is 0 Å². The van der Waals surface area contributed by atoms with Crippen LogP contribution in [0.3, 0.4) is 0 Å². The first kappa shape index (κ1) is 17.1. The van der Waals surface area contributed by atoms with Gasteiger partial charge in [-0.15, -0.1) is 0 Å². The van der Waals surface area contributed by atoms with Gasteiger partial charge in [0.15, 0.2) is 0 Å². The van der Waals surface area contributed by atoms with Crippen molar-refractivity contribution in [1.82, 2.24) is 10.2 Å². The van der Waals surface area contributed by atoms with Gasteiger partial charge in [-0.1, -0.05) is 49.5 Å². The second-order valence-electron chi connectivity index (χ2n) is 6.38. The molecular formula is C17H26Cl2N2. The van der Waals surface area contributed by atoms with Crippen molar-refractivity contribution < 1.29 is 0 Å². The molecule has 0 spiro atoms. The largest absolute Gasteiger partial charge is 0.309 e. The lowest BCUT2D eigenvalue weighted by atomic mass is 9.92. The molecule has 1 saturated heterocycles. The molecule has 1 fully saturated rings. The lowest BCUT2D eigenvalue weighted by molar-refractivity contribution is 0.0726. The Morgan fingerprint density at radius 3 is 2.71 bits per heavy atom. The van der Waals surface area contributed by atoms with Crippen LogP contribution in [0.15, 0.2) is 18.2 Å². The van der Waals surface area contributed by atoms with E-state index in [-0.39, 0.29) is 5.54 Å². The second kappa shape index (κ2) is 7.32. The van der Waals surface area contributed by atoms with E-state index in [2.05, 4.69) is 37.1 Å². The fourth-order valence-electron chi connectivity index (χ4n) is 3.03. The molecule has 0 radical (unpaired) electrons. The maximum Gasteiger partial charge on any atom is 0.0465 e. The van der Waals surface area contributed by atoms with Crippen LogP contribution in [0.2, 0.25) is 10.0 Å². The van der Waals surface area contributed by atoms with Gasteiger partial charge in [-0.25, -0.2) is 0 Å². The Morgan fingerprint density at radius 2 is 2.10 bits per heavy atom. The monoisotopic (exact) mass is 328 g/mol. The third kappa shape index (κ3) is 4.35. The first-order valence-electron chi connectivity index (χ1n) is 7.90. The number of hydrogen-bond donors (Lipinski definition) is 1. The van der Waals surface area contributed by atoms with E-state index in [4.69, 9.17) is 23.2 Å². The van der Waals surface area contributed by atoms with Crippen LogP contribution in [0.4, 0.5) is 0 Å². The molecule has 0 amide bonds. The van der Waals surface area contributed by atoms with Crippen molar-refractivity contribution in [2.24, 2.45) is 0 Å². The molecule has 1 aromatic carbocycles. The van der Waals surface area contributed by atoms with Gasteiger partial charge in [-0.3, -0.25) is 4.90 Å². The molecule has 1 N–H and O–H groups in total. The zero-order chi connectivity index (χ0) is 15.5. The Bertz CT molecular complexity index is 478. The van der Waals surface area contributed by atoms with Crippen molar-refractivity contribution in [3.8, 4) is 0 Å². The van der Waals surface area contributed by atoms with Crippen molar-refractivity contribution in [2.75, 3.05) is 13.1 Å². The fourth-order valence-corrected chi connectivity index (χ4v) is 3.50. The summed E-state index contributed by atoms with van der Waals surface area (Å²) in [5.41, 5.74) is 1.37. The maximum atomic E-state index is 6.35. The van der Waals surface area contributed by atoms with Crippen molar-refractivity contribution in [3.05, 3.63) is 33.8 Å². The third-order valence-electron chi connectivity index (χ3n) is 4.62. The normalized spacial score (nSPS) is 27.0. The van der Waals surface area contributed by atoms with Crippen LogP contribution in [0, 0.1) is 0 Å². The molecule has 2 nitrogen and oxygen atoms in total. The van der Waals surface area contributed by atoms with Gasteiger partial charge in [0.1, 0.15) is 0 Å². The van der Waals surface area contributed by atoms with Crippen molar-refractivity contribution in [2.45, 2.75) is 58.2 Å². The van der Waals surface area contributed by atoms with Crippen molar-refractivity contribution in [3.63, 3.8) is 0 Å². The molecule has 1 heterocycles. The average Bonchev–Trinajstić information content (AvgIpc) is 2.45. The number of halogens is 2. The Morgan fingerprint density at radius 1 is 1.33 bits per heavy atom. The summed E-state index contributed by atoms with van der Waals surface area (Å²) in [5, 5.41) is 5.20. The van der Waals surface area contributed by atoms with Crippen molar-refractivity contribution in [1.29, 1.82) is 0 Å². The molecule has 1 aromatic rings.